The van der Waals surface area contributed by atoms with Crippen LogP contribution in [0.5, 0.6) is 0 Å². The van der Waals surface area contributed by atoms with Gasteiger partial charge in [-0.15, -0.1) is 0 Å². The molecule has 0 saturated carbocycles. The van der Waals surface area contributed by atoms with Crippen molar-refractivity contribution in [3.05, 3.63) is 34.9 Å². The van der Waals surface area contributed by atoms with Gasteiger partial charge >= 0.3 is 6.09 Å². The minimum Gasteiger partial charge on any atom is -0.465 e. The van der Waals surface area contributed by atoms with E-state index in [2.05, 4.69) is 5.32 Å². The molecule has 0 aliphatic carbocycles. The molecule has 0 aromatic heterocycles. The molecule has 3 atom stereocenters. The summed E-state index contributed by atoms with van der Waals surface area (Å²) in [5, 5.41) is 11.8. The van der Waals surface area contributed by atoms with Crippen molar-refractivity contribution in [2.75, 3.05) is 19.7 Å². The number of hydrogen-bond donors (Lipinski definition) is 2. The Bertz CT molecular complexity index is 599. The Labute approximate surface area is 145 Å². The highest BCUT2D eigenvalue weighted by Crippen LogP contribution is 2.29. The first kappa shape index (κ1) is 17.0. The highest BCUT2D eigenvalue weighted by atomic mass is 35.5. The van der Waals surface area contributed by atoms with Crippen molar-refractivity contribution >= 4 is 23.6 Å². The molecular formula is C17H21ClN2O4. The SMILES string of the molecule is O=C(O)N[C@@H]1CC[C@@H](C(=O)N2CC[C@@H](c3ccc(Cl)cc3)C2)OC1. The number of amides is 2. The van der Waals surface area contributed by atoms with Crippen LogP contribution in [-0.2, 0) is 9.53 Å². The van der Waals surface area contributed by atoms with E-state index >= 15 is 0 Å². The number of likely N-dealkylation sites (tertiary alicyclic amines) is 1. The lowest BCUT2D eigenvalue weighted by Crippen LogP contribution is -2.47. The Morgan fingerprint density at radius 3 is 2.58 bits per heavy atom. The molecule has 1 aromatic carbocycles. The van der Waals surface area contributed by atoms with E-state index in [4.69, 9.17) is 21.4 Å². The largest absolute Gasteiger partial charge is 0.465 e. The van der Waals surface area contributed by atoms with E-state index in [0.29, 0.717) is 30.3 Å². The smallest absolute Gasteiger partial charge is 0.404 e. The zero-order chi connectivity index (χ0) is 17.1. The van der Waals surface area contributed by atoms with Gasteiger partial charge in [0.2, 0.25) is 0 Å². The maximum absolute atomic E-state index is 12.6. The van der Waals surface area contributed by atoms with E-state index in [-0.39, 0.29) is 18.6 Å². The third-order valence-corrected chi connectivity index (χ3v) is 4.97. The second kappa shape index (κ2) is 7.40. The molecule has 130 valence electrons. The molecule has 2 fully saturated rings. The minimum absolute atomic E-state index is 0.0141. The summed E-state index contributed by atoms with van der Waals surface area (Å²) < 4.78 is 5.59. The van der Waals surface area contributed by atoms with Gasteiger partial charge in [0, 0.05) is 24.0 Å². The molecule has 24 heavy (non-hydrogen) atoms. The summed E-state index contributed by atoms with van der Waals surface area (Å²) in [5.74, 6) is 0.344. The number of hydrogen-bond acceptors (Lipinski definition) is 3. The van der Waals surface area contributed by atoms with Crippen molar-refractivity contribution in [3.63, 3.8) is 0 Å². The summed E-state index contributed by atoms with van der Waals surface area (Å²) in [6.45, 7) is 1.66. The van der Waals surface area contributed by atoms with Crippen molar-refractivity contribution in [1.29, 1.82) is 0 Å². The molecule has 2 saturated heterocycles. The summed E-state index contributed by atoms with van der Waals surface area (Å²) in [4.78, 5) is 25.1. The number of benzene rings is 1. The van der Waals surface area contributed by atoms with Crippen molar-refractivity contribution in [1.82, 2.24) is 10.2 Å². The van der Waals surface area contributed by atoms with E-state index in [1.165, 1.54) is 5.56 Å². The average Bonchev–Trinajstić information content (AvgIpc) is 3.05. The molecule has 0 bridgehead atoms. The average molecular weight is 353 g/mol. The molecule has 0 unspecified atom stereocenters. The number of nitrogens with one attached hydrogen (secondary N) is 1. The quantitative estimate of drug-likeness (QED) is 0.876. The summed E-state index contributed by atoms with van der Waals surface area (Å²) >= 11 is 5.92. The predicted octanol–water partition coefficient (Wildman–Crippen LogP) is 2.47. The third kappa shape index (κ3) is 3.99. The van der Waals surface area contributed by atoms with Crippen LogP contribution in [0.3, 0.4) is 0 Å². The van der Waals surface area contributed by atoms with Gasteiger partial charge in [0.15, 0.2) is 0 Å². The first-order valence-electron chi connectivity index (χ1n) is 8.18. The number of nitrogens with zero attached hydrogens (tertiary/aromatic N) is 1. The van der Waals surface area contributed by atoms with Gasteiger partial charge in [-0.2, -0.15) is 0 Å². The molecule has 0 spiro atoms. The van der Waals surface area contributed by atoms with Gasteiger partial charge in [-0.3, -0.25) is 4.79 Å². The second-order valence-corrected chi connectivity index (χ2v) is 6.80. The molecule has 2 amide bonds. The fraction of sp³-hybridized carbons (Fsp3) is 0.529. The van der Waals surface area contributed by atoms with Gasteiger partial charge < -0.3 is 20.1 Å². The lowest BCUT2D eigenvalue weighted by molar-refractivity contribution is -0.146. The maximum Gasteiger partial charge on any atom is 0.404 e. The van der Waals surface area contributed by atoms with Gasteiger partial charge in [-0.05, 0) is 37.0 Å². The zero-order valence-electron chi connectivity index (χ0n) is 13.3. The van der Waals surface area contributed by atoms with E-state index in [9.17, 15) is 9.59 Å². The first-order valence-corrected chi connectivity index (χ1v) is 8.56. The molecule has 7 heteroatoms. The van der Waals surface area contributed by atoms with Crippen molar-refractivity contribution in [2.45, 2.75) is 37.3 Å². The van der Waals surface area contributed by atoms with Crippen LogP contribution in [0.25, 0.3) is 0 Å². The van der Waals surface area contributed by atoms with Gasteiger partial charge in [-0.25, -0.2) is 4.79 Å². The van der Waals surface area contributed by atoms with Crippen LogP contribution in [0.2, 0.25) is 5.02 Å². The van der Waals surface area contributed by atoms with Crippen LogP contribution in [-0.4, -0.2) is 53.8 Å². The lowest BCUT2D eigenvalue weighted by atomic mass is 9.99. The normalized spacial score (nSPS) is 27.0. The van der Waals surface area contributed by atoms with Crippen molar-refractivity contribution < 1.29 is 19.4 Å². The number of rotatable bonds is 3. The molecule has 2 heterocycles. The van der Waals surface area contributed by atoms with E-state index < -0.39 is 12.2 Å². The monoisotopic (exact) mass is 352 g/mol. The summed E-state index contributed by atoms with van der Waals surface area (Å²) in [6, 6.07) is 7.55. The van der Waals surface area contributed by atoms with Gasteiger partial charge in [0.05, 0.1) is 12.6 Å². The molecular weight excluding hydrogens is 332 g/mol. The van der Waals surface area contributed by atoms with Crippen LogP contribution >= 0.6 is 11.6 Å². The Balaban J connectivity index is 1.52. The molecule has 0 radical (unpaired) electrons. The summed E-state index contributed by atoms with van der Waals surface area (Å²) in [6.07, 6.45) is 0.589. The predicted molar refractivity (Wildman–Crippen MR) is 89.3 cm³/mol. The number of halogens is 1. The molecule has 3 rings (SSSR count). The number of ether oxygens (including phenoxy) is 1. The van der Waals surface area contributed by atoms with Crippen LogP contribution in [0.1, 0.15) is 30.7 Å². The van der Waals surface area contributed by atoms with E-state index in [1.54, 1.807) is 0 Å². The van der Waals surface area contributed by atoms with E-state index in [1.807, 2.05) is 29.2 Å². The zero-order valence-corrected chi connectivity index (χ0v) is 14.0. The Hall–Kier alpha value is -1.79. The van der Waals surface area contributed by atoms with Gasteiger partial charge in [0.25, 0.3) is 5.91 Å². The number of carbonyl (C=O) groups excluding carboxylic acids is 1. The topological polar surface area (TPSA) is 78.9 Å². The molecule has 1 aromatic rings. The van der Waals surface area contributed by atoms with Gasteiger partial charge in [0.1, 0.15) is 6.10 Å². The number of carbonyl (C=O) groups is 2. The highest BCUT2D eigenvalue weighted by molar-refractivity contribution is 6.30. The molecule has 2 aliphatic rings. The fourth-order valence-electron chi connectivity index (χ4n) is 3.41. The second-order valence-electron chi connectivity index (χ2n) is 6.37. The van der Waals surface area contributed by atoms with E-state index in [0.717, 1.165) is 13.0 Å². The standard InChI is InChI=1S/C17H21ClN2O4/c18-13-3-1-11(2-4-13)12-7-8-20(9-12)16(21)15-6-5-14(10-24-15)19-17(22)23/h1-4,12,14-15,19H,5-10H2,(H,22,23)/t12-,14-,15+/m1/s1. The molecule has 6 nitrogen and oxygen atoms in total. The first-order chi connectivity index (χ1) is 11.5. The van der Waals surface area contributed by atoms with Crippen LogP contribution < -0.4 is 5.32 Å². The fourth-order valence-corrected chi connectivity index (χ4v) is 3.53. The molecule has 2 aliphatic heterocycles. The molecule has 2 N–H and O–H groups in total. The van der Waals surface area contributed by atoms with Crippen LogP contribution in [0, 0.1) is 0 Å². The van der Waals surface area contributed by atoms with Crippen molar-refractivity contribution in [3.8, 4) is 0 Å². The Kier molecular flexibility index (Phi) is 5.26. The summed E-state index contributed by atoms with van der Waals surface area (Å²) in [5.41, 5.74) is 1.20. The summed E-state index contributed by atoms with van der Waals surface area (Å²) in [7, 11) is 0. The Morgan fingerprint density at radius 1 is 1.21 bits per heavy atom. The van der Waals surface area contributed by atoms with Crippen LogP contribution in [0.15, 0.2) is 24.3 Å². The van der Waals surface area contributed by atoms with Crippen molar-refractivity contribution in [2.24, 2.45) is 0 Å². The maximum atomic E-state index is 12.6. The minimum atomic E-state index is -1.06. The highest BCUT2D eigenvalue weighted by Gasteiger charge is 2.34. The van der Waals surface area contributed by atoms with Gasteiger partial charge in [-0.1, -0.05) is 23.7 Å². The lowest BCUT2D eigenvalue weighted by Gasteiger charge is -2.30. The Morgan fingerprint density at radius 2 is 1.96 bits per heavy atom. The third-order valence-electron chi connectivity index (χ3n) is 4.72. The van der Waals surface area contributed by atoms with Crippen LogP contribution in [0.4, 0.5) is 4.79 Å². The number of carboxylic acid groups (broad SMARTS) is 1.